The van der Waals surface area contributed by atoms with Gasteiger partial charge in [-0.15, -0.1) is 0 Å². The van der Waals surface area contributed by atoms with Gasteiger partial charge in [0.2, 0.25) is 0 Å². The SMILES string of the molecule is Cc1ccc(S(=O)(=O)[C@H]2[C@@H](c3ccc(Br)cc3)C2(CO)CO)cc1. The summed E-state index contributed by atoms with van der Waals surface area (Å²) in [4.78, 5) is 0.226. The standard InChI is InChI=1S/C18H19BrO4S/c1-12-2-8-15(9-3-12)24(22,23)17-16(18(17,10-20)11-21)13-4-6-14(19)7-5-13/h2-9,16-17,20-21H,10-11H2,1H3/t16-,17+/m1/s1. The van der Waals surface area contributed by atoms with E-state index >= 15 is 0 Å². The average molecular weight is 411 g/mol. The van der Waals surface area contributed by atoms with Crippen LogP contribution in [-0.4, -0.2) is 37.1 Å². The zero-order chi connectivity index (χ0) is 17.5. The molecule has 6 heteroatoms. The molecule has 0 aromatic heterocycles. The molecule has 2 N–H and O–H groups in total. The summed E-state index contributed by atoms with van der Waals surface area (Å²) in [5, 5.41) is 18.8. The van der Waals surface area contributed by atoms with E-state index in [1.165, 1.54) is 0 Å². The fourth-order valence-corrected chi connectivity index (χ4v) is 6.11. The highest BCUT2D eigenvalue weighted by molar-refractivity contribution is 9.10. The molecule has 1 aliphatic carbocycles. The van der Waals surface area contributed by atoms with Gasteiger partial charge >= 0.3 is 0 Å². The molecule has 1 saturated carbocycles. The molecule has 2 aromatic rings. The summed E-state index contributed by atoms with van der Waals surface area (Å²) in [5.74, 6) is -0.424. The second-order valence-corrected chi connectivity index (χ2v) is 9.34. The first-order valence-corrected chi connectivity index (χ1v) is 9.98. The van der Waals surface area contributed by atoms with Gasteiger partial charge in [-0.1, -0.05) is 45.8 Å². The van der Waals surface area contributed by atoms with Crippen LogP contribution in [0.5, 0.6) is 0 Å². The fraction of sp³-hybridized carbons (Fsp3) is 0.333. The number of hydrogen-bond acceptors (Lipinski definition) is 4. The Morgan fingerprint density at radius 2 is 1.54 bits per heavy atom. The number of aryl methyl sites for hydroxylation is 1. The summed E-state index contributed by atoms with van der Waals surface area (Å²) in [6.45, 7) is 1.14. The minimum atomic E-state index is -3.65. The largest absolute Gasteiger partial charge is 0.396 e. The van der Waals surface area contributed by atoms with Crippen LogP contribution in [0.4, 0.5) is 0 Å². The van der Waals surface area contributed by atoms with E-state index in [2.05, 4.69) is 15.9 Å². The summed E-state index contributed by atoms with van der Waals surface area (Å²) < 4.78 is 27.0. The summed E-state index contributed by atoms with van der Waals surface area (Å²) in [6.07, 6.45) is 0. The molecule has 0 radical (unpaired) electrons. The Labute approximate surface area is 150 Å². The molecular weight excluding hydrogens is 392 g/mol. The summed E-state index contributed by atoms with van der Waals surface area (Å²) in [6, 6.07) is 14.0. The number of aliphatic hydroxyl groups is 2. The predicted octanol–water partition coefficient (Wildman–Crippen LogP) is 2.67. The van der Waals surface area contributed by atoms with Crippen molar-refractivity contribution in [2.45, 2.75) is 23.0 Å². The Morgan fingerprint density at radius 1 is 1.00 bits per heavy atom. The quantitative estimate of drug-likeness (QED) is 0.794. The van der Waals surface area contributed by atoms with Gasteiger partial charge < -0.3 is 10.2 Å². The van der Waals surface area contributed by atoms with Crippen LogP contribution in [0.1, 0.15) is 17.0 Å². The van der Waals surface area contributed by atoms with Gasteiger partial charge in [-0.3, -0.25) is 0 Å². The van der Waals surface area contributed by atoms with Crippen LogP contribution in [0.3, 0.4) is 0 Å². The molecule has 1 fully saturated rings. The van der Waals surface area contributed by atoms with Gasteiger partial charge in [0.05, 0.1) is 23.4 Å². The first-order chi connectivity index (χ1) is 11.4. The molecule has 0 unspecified atom stereocenters. The first kappa shape index (κ1) is 17.6. The van der Waals surface area contributed by atoms with Crippen LogP contribution >= 0.6 is 15.9 Å². The molecule has 2 aromatic carbocycles. The Morgan fingerprint density at radius 3 is 2.04 bits per heavy atom. The number of rotatable bonds is 5. The highest BCUT2D eigenvalue weighted by Crippen LogP contribution is 2.63. The third kappa shape index (κ3) is 2.71. The Kier molecular flexibility index (Phi) is 4.59. The topological polar surface area (TPSA) is 74.6 Å². The number of sulfone groups is 1. The lowest BCUT2D eigenvalue weighted by molar-refractivity contribution is 0.130. The lowest BCUT2D eigenvalue weighted by atomic mass is 10.0. The van der Waals surface area contributed by atoms with Gasteiger partial charge in [0.15, 0.2) is 9.84 Å². The molecule has 0 amide bonds. The lowest BCUT2D eigenvalue weighted by Crippen LogP contribution is -2.23. The van der Waals surface area contributed by atoms with Crippen molar-refractivity contribution in [3.8, 4) is 0 Å². The molecule has 0 bridgehead atoms. The Balaban J connectivity index is 2.04. The second-order valence-electron chi connectivity index (χ2n) is 6.36. The Hall–Kier alpha value is -1.21. The molecule has 1 aliphatic rings. The van der Waals surface area contributed by atoms with Gasteiger partial charge in [-0.25, -0.2) is 8.42 Å². The van der Waals surface area contributed by atoms with Crippen molar-refractivity contribution in [3.63, 3.8) is 0 Å². The maximum atomic E-state index is 13.1. The molecule has 2 atom stereocenters. The van der Waals surface area contributed by atoms with Crippen LogP contribution in [0.25, 0.3) is 0 Å². The van der Waals surface area contributed by atoms with E-state index < -0.39 is 26.4 Å². The van der Waals surface area contributed by atoms with Crippen molar-refractivity contribution in [1.82, 2.24) is 0 Å². The molecule has 0 saturated heterocycles. The van der Waals surface area contributed by atoms with Crippen LogP contribution < -0.4 is 0 Å². The predicted molar refractivity (Wildman–Crippen MR) is 95.6 cm³/mol. The van der Waals surface area contributed by atoms with Crippen molar-refractivity contribution in [1.29, 1.82) is 0 Å². The van der Waals surface area contributed by atoms with E-state index in [1.54, 1.807) is 24.3 Å². The molecule has 128 valence electrons. The highest BCUT2D eigenvalue weighted by atomic mass is 79.9. The zero-order valence-corrected chi connectivity index (χ0v) is 15.6. The van der Waals surface area contributed by atoms with Crippen LogP contribution in [0, 0.1) is 12.3 Å². The summed E-state index contributed by atoms with van der Waals surface area (Å²) >= 11 is 3.36. The van der Waals surface area contributed by atoms with Crippen LogP contribution in [0.2, 0.25) is 0 Å². The van der Waals surface area contributed by atoms with E-state index in [0.717, 1.165) is 15.6 Å². The van der Waals surface area contributed by atoms with E-state index in [1.807, 2.05) is 31.2 Å². The van der Waals surface area contributed by atoms with E-state index in [0.29, 0.717) is 0 Å². The van der Waals surface area contributed by atoms with Crippen molar-refractivity contribution in [2.75, 3.05) is 13.2 Å². The number of benzene rings is 2. The molecule has 0 spiro atoms. The maximum Gasteiger partial charge on any atom is 0.182 e. The van der Waals surface area contributed by atoms with Gasteiger partial charge in [-0.05, 0) is 36.8 Å². The minimum Gasteiger partial charge on any atom is -0.396 e. The van der Waals surface area contributed by atoms with Crippen molar-refractivity contribution in [2.24, 2.45) is 5.41 Å². The third-order valence-electron chi connectivity index (χ3n) is 4.88. The normalized spacial score (nSPS) is 22.3. The number of hydrogen-bond donors (Lipinski definition) is 2. The third-order valence-corrected chi connectivity index (χ3v) is 7.75. The van der Waals surface area contributed by atoms with Crippen LogP contribution in [0.15, 0.2) is 57.9 Å². The highest BCUT2D eigenvalue weighted by Gasteiger charge is 2.70. The average Bonchev–Trinajstić information content (AvgIpc) is 3.26. The molecule has 3 rings (SSSR count). The van der Waals surface area contributed by atoms with E-state index in [4.69, 9.17) is 0 Å². The smallest absolute Gasteiger partial charge is 0.182 e. The summed E-state index contributed by atoms with van der Waals surface area (Å²) in [5.41, 5.74) is 0.740. The number of aliphatic hydroxyl groups excluding tert-OH is 2. The lowest BCUT2D eigenvalue weighted by Gasteiger charge is -2.11. The fourth-order valence-electron chi connectivity index (χ4n) is 3.42. The first-order valence-electron chi connectivity index (χ1n) is 7.64. The van der Waals surface area contributed by atoms with E-state index in [9.17, 15) is 18.6 Å². The molecule has 4 nitrogen and oxygen atoms in total. The minimum absolute atomic E-state index is 0.226. The van der Waals surface area contributed by atoms with Crippen LogP contribution in [-0.2, 0) is 9.84 Å². The van der Waals surface area contributed by atoms with Gasteiger partial charge in [-0.2, -0.15) is 0 Å². The van der Waals surface area contributed by atoms with Crippen molar-refractivity contribution in [3.05, 3.63) is 64.1 Å². The van der Waals surface area contributed by atoms with Gasteiger partial charge in [0.1, 0.15) is 0 Å². The maximum absolute atomic E-state index is 13.1. The molecular formula is C18H19BrO4S. The van der Waals surface area contributed by atoms with Gasteiger partial charge in [0, 0.05) is 15.8 Å². The number of halogens is 1. The molecule has 24 heavy (non-hydrogen) atoms. The zero-order valence-electron chi connectivity index (χ0n) is 13.2. The van der Waals surface area contributed by atoms with Crippen molar-refractivity contribution >= 4 is 25.8 Å². The second kappa shape index (κ2) is 6.26. The summed E-state index contributed by atoms with van der Waals surface area (Å²) in [7, 11) is -3.65. The van der Waals surface area contributed by atoms with E-state index in [-0.39, 0.29) is 18.1 Å². The molecule has 0 heterocycles. The Bertz CT molecular complexity index is 824. The van der Waals surface area contributed by atoms with Crippen molar-refractivity contribution < 1.29 is 18.6 Å². The monoisotopic (exact) mass is 410 g/mol. The van der Waals surface area contributed by atoms with Gasteiger partial charge in [0.25, 0.3) is 0 Å². The molecule has 0 aliphatic heterocycles.